The first-order valence-corrected chi connectivity index (χ1v) is 9.73. The third-order valence-electron chi connectivity index (χ3n) is 5.03. The average Bonchev–Trinajstić information content (AvgIpc) is 3.20. The smallest absolute Gasteiger partial charge is 0.394 e. The number of fused-ring (bicyclic) bond motifs is 2. The number of aromatic carboxylic acids is 1. The molecule has 0 aliphatic carbocycles. The molecule has 1 amide bonds. The van der Waals surface area contributed by atoms with Crippen molar-refractivity contribution < 1.29 is 34.8 Å². The number of hydrogen-bond donors (Lipinski definition) is 6. The first-order chi connectivity index (χ1) is 14.3. The van der Waals surface area contributed by atoms with E-state index in [0.29, 0.717) is 40.7 Å². The van der Waals surface area contributed by atoms with Gasteiger partial charge in [-0.15, -0.1) is 11.3 Å². The summed E-state index contributed by atoms with van der Waals surface area (Å²) in [6.07, 6.45) is 1.93. The normalized spacial score (nSPS) is 15.7. The van der Waals surface area contributed by atoms with Gasteiger partial charge in [0.2, 0.25) is 0 Å². The molecule has 1 aromatic carbocycles. The molecule has 0 bridgehead atoms. The topological polar surface area (TPSA) is 161 Å². The fourth-order valence-corrected chi connectivity index (χ4v) is 4.83. The zero-order valence-corrected chi connectivity index (χ0v) is 16.2. The molecular formula is C19H17N3O7S. The van der Waals surface area contributed by atoms with Crippen molar-refractivity contribution in [3.63, 3.8) is 0 Å². The van der Waals surface area contributed by atoms with Crippen molar-refractivity contribution in [3.05, 3.63) is 40.4 Å². The molecule has 0 fully saturated rings. The summed E-state index contributed by atoms with van der Waals surface area (Å²) in [6, 6.07) is 4.61. The van der Waals surface area contributed by atoms with Gasteiger partial charge in [-0.1, -0.05) is 6.07 Å². The quantitative estimate of drug-likeness (QED) is 0.339. The molecule has 4 rings (SSSR count). The van der Waals surface area contributed by atoms with Crippen LogP contribution in [-0.4, -0.2) is 48.9 Å². The Bertz CT molecular complexity index is 1200. The molecule has 6 N–H and O–H groups in total. The van der Waals surface area contributed by atoms with E-state index < -0.39 is 17.8 Å². The van der Waals surface area contributed by atoms with E-state index in [1.807, 2.05) is 0 Å². The van der Waals surface area contributed by atoms with Gasteiger partial charge >= 0.3 is 17.8 Å². The Morgan fingerprint density at radius 2 is 1.97 bits per heavy atom. The number of amides is 1. The van der Waals surface area contributed by atoms with E-state index in [1.165, 1.54) is 6.07 Å². The van der Waals surface area contributed by atoms with E-state index in [1.54, 1.807) is 22.9 Å². The second-order valence-corrected chi connectivity index (χ2v) is 8.00. The molecule has 2 aromatic heterocycles. The van der Waals surface area contributed by atoms with Gasteiger partial charge in [-0.05, 0) is 24.1 Å². The lowest BCUT2D eigenvalue weighted by Crippen LogP contribution is -2.38. The summed E-state index contributed by atoms with van der Waals surface area (Å²) in [5, 5.41) is 45.2. The molecule has 1 atom stereocenters. The monoisotopic (exact) mass is 431 g/mol. The van der Waals surface area contributed by atoms with Crippen molar-refractivity contribution in [2.45, 2.75) is 25.6 Å². The highest BCUT2D eigenvalue weighted by molar-refractivity contribution is 7.17. The second kappa shape index (κ2) is 7.35. The van der Waals surface area contributed by atoms with Gasteiger partial charge in [0.1, 0.15) is 10.8 Å². The summed E-state index contributed by atoms with van der Waals surface area (Å²) in [5.74, 6) is -4.22. The molecule has 1 aliphatic heterocycles. The fourth-order valence-electron chi connectivity index (χ4n) is 3.66. The van der Waals surface area contributed by atoms with Crippen molar-refractivity contribution in [3.8, 4) is 11.6 Å². The highest BCUT2D eigenvalue weighted by Crippen LogP contribution is 2.38. The molecule has 0 saturated carbocycles. The summed E-state index contributed by atoms with van der Waals surface area (Å²) < 4.78 is 1.58. The third kappa shape index (κ3) is 3.33. The Labute approximate surface area is 173 Å². The number of anilines is 1. The first-order valence-electron chi connectivity index (χ1n) is 8.91. The van der Waals surface area contributed by atoms with Gasteiger partial charge < -0.3 is 35.6 Å². The standard InChI is InChI=1S/C19H17N3O7S/c23-12-3-1-2-9-11(12)7-22(17(9)25)6-8-4-10-13(5-20-8)30-16(14(10)18(26)27)21-15(24)19(28)29/h1-3,7-8,20,23,25H,4-6H2,(H,21,24)(H,26,27)(H,28,29). The van der Waals surface area contributed by atoms with Crippen LogP contribution in [0.5, 0.6) is 11.6 Å². The molecule has 156 valence electrons. The Balaban J connectivity index is 1.62. The number of aliphatic carboxylic acids is 1. The minimum Gasteiger partial charge on any atom is -0.507 e. The van der Waals surface area contributed by atoms with Crippen molar-refractivity contribution in [1.29, 1.82) is 0 Å². The predicted molar refractivity (Wildman–Crippen MR) is 107 cm³/mol. The van der Waals surface area contributed by atoms with Crippen LogP contribution in [0.4, 0.5) is 5.00 Å². The van der Waals surface area contributed by atoms with Crippen LogP contribution in [-0.2, 0) is 29.1 Å². The zero-order valence-electron chi connectivity index (χ0n) is 15.4. The van der Waals surface area contributed by atoms with Gasteiger partial charge in [0.25, 0.3) is 0 Å². The number of nitrogens with one attached hydrogen (secondary N) is 2. The number of aromatic nitrogens is 1. The zero-order chi connectivity index (χ0) is 21.6. The van der Waals surface area contributed by atoms with E-state index >= 15 is 0 Å². The predicted octanol–water partition coefficient (Wildman–Crippen LogP) is 1.55. The maximum absolute atomic E-state index is 11.8. The lowest BCUT2D eigenvalue weighted by Gasteiger charge is -2.25. The highest BCUT2D eigenvalue weighted by atomic mass is 32.1. The van der Waals surface area contributed by atoms with Gasteiger partial charge in [-0.2, -0.15) is 0 Å². The lowest BCUT2D eigenvalue weighted by atomic mass is 9.98. The van der Waals surface area contributed by atoms with E-state index in [0.717, 1.165) is 11.3 Å². The summed E-state index contributed by atoms with van der Waals surface area (Å²) in [7, 11) is 0. The Morgan fingerprint density at radius 1 is 1.20 bits per heavy atom. The number of carboxylic acids is 2. The highest BCUT2D eigenvalue weighted by Gasteiger charge is 2.30. The average molecular weight is 431 g/mol. The van der Waals surface area contributed by atoms with Crippen LogP contribution in [0.3, 0.4) is 0 Å². The van der Waals surface area contributed by atoms with Crippen molar-refractivity contribution >= 4 is 45.0 Å². The number of hydrogen-bond acceptors (Lipinski definition) is 7. The van der Waals surface area contributed by atoms with Crippen LogP contribution < -0.4 is 10.6 Å². The SMILES string of the molecule is O=C(O)C(=O)Nc1sc2c(c1C(=O)O)CC(Cn1cc3c(O)cccc3c1O)NC2. The number of nitrogens with zero attached hydrogens (tertiary/aromatic N) is 1. The van der Waals surface area contributed by atoms with Crippen molar-refractivity contribution in [2.24, 2.45) is 0 Å². The molecule has 11 heteroatoms. The Morgan fingerprint density at radius 3 is 2.63 bits per heavy atom. The molecule has 3 aromatic rings. The number of rotatable bonds is 4. The Hall–Kier alpha value is -3.57. The van der Waals surface area contributed by atoms with E-state index in [-0.39, 0.29) is 28.2 Å². The molecule has 1 unspecified atom stereocenters. The fraction of sp³-hybridized carbons (Fsp3) is 0.211. The van der Waals surface area contributed by atoms with Crippen LogP contribution in [0.25, 0.3) is 10.8 Å². The number of carbonyl (C=O) groups is 3. The van der Waals surface area contributed by atoms with E-state index in [2.05, 4.69) is 10.6 Å². The minimum atomic E-state index is -1.70. The van der Waals surface area contributed by atoms with Crippen molar-refractivity contribution in [1.82, 2.24) is 9.88 Å². The number of carbonyl (C=O) groups excluding carboxylic acids is 1. The molecule has 10 nitrogen and oxygen atoms in total. The van der Waals surface area contributed by atoms with Gasteiger partial charge in [0.15, 0.2) is 5.88 Å². The number of thiophene rings is 1. The largest absolute Gasteiger partial charge is 0.507 e. The molecule has 0 radical (unpaired) electrons. The van der Waals surface area contributed by atoms with Gasteiger partial charge in [-0.3, -0.25) is 4.79 Å². The molecule has 30 heavy (non-hydrogen) atoms. The number of phenolic OH excluding ortho intramolecular Hbond substituents is 1. The van der Waals surface area contributed by atoms with E-state index in [4.69, 9.17) is 5.11 Å². The second-order valence-electron chi connectivity index (χ2n) is 6.90. The molecule has 1 aliphatic rings. The molecule has 3 heterocycles. The van der Waals surface area contributed by atoms with Gasteiger partial charge in [-0.25, -0.2) is 9.59 Å². The number of aromatic hydroxyl groups is 2. The minimum absolute atomic E-state index is 0.00770. The molecule has 0 spiro atoms. The number of phenols is 1. The number of carboxylic acid groups (broad SMARTS) is 2. The summed E-state index contributed by atoms with van der Waals surface area (Å²) in [6.45, 7) is 0.645. The summed E-state index contributed by atoms with van der Waals surface area (Å²) >= 11 is 1.03. The summed E-state index contributed by atoms with van der Waals surface area (Å²) in [5.41, 5.74) is 0.409. The maximum Gasteiger partial charge on any atom is 0.394 e. The van der Waals surface area contributed by atoms with Crippen LogP contribution >= 0.6 is 11.3 Å². The third-order valence-corrected chi connectivity index (χ3v) is 6.17. The van der Waals surface area contributed by atoms with Crippen LogP contribution in [0.1, 0.15) is 20.8 Å². The number of benzene rings is 1. The molecule has 0 saturated heterocycles. The lowest BCUT2D eigenvalue weighted by molar-refractivity contribution is -0.147. The van der Waals surface area contributed by atoms with Crippen LogP contribution in [0, 0.1) is 0 Å². The first kappa shape index (κ1) is 19.7. The van der Waals surface area contributed by atoms with Crippen molar-refractivity contribution in [2.75, 3.05) is 5.32 Å². The van der Waals surface area contributed by atoms with Gasteiger partial charge in [0.05, 0.1) is 5.56 Å². The molecular weight excluding hydrogens is 414 g/mol. The van der Waals surface area contributed by atoms with Crippen LogP contribution in [0.15, 0.2) is 24.4 Å². The maximum atomic E-state index is 11.8. The van der Waals surface area contributed by atoms with Gasteiger partial charge in [0, 0.05) is 41.0 Å². The summed E-state index contributed by atoms with van der Waals surface area (Å²) in [4.78, 5) is 34.8. The Kier molecular flexibility index (Phi) is 4.84. The van der Waals surface area contributed by atoms with Crippen LogP contribution in [0.2, 0.25) is 0 Å². The van der Waals surface area contributed by atoms with E-state index in [9.17, 15) is 29.7 Å².